The molecule has 110 valence electrons. The second-order valence-corrected chi connectivity index (χ2v) is 5.84. The van der Waals surface area contributed by atoms with E-state index in [4.69, 9.17) is 22.4 Å². The molecule has 5 nitrogen and oxygen atoms in total. The lowest BCUT2D eigenvalue weighted by atomic mass is 10.2. The molecule has 0 spiro atoms. The number of carbonyl (C=O) groups excluding carboxylic acids is 1. The van der Waals surface area contributed by atoms with Crippen LogP contribution in [0.4, 0.5) is 5.69 Å². The number of nitrogens with two attached hydrogens (primary N) is 1. The van der Waals surface area contributed by atoms with Crippen LogP contribution in [0.25, 0.3) is 0 Å². The predicted molar refractivity (Wildman–Crippen MR) is 82.4 cm³/mol. The van der Waals surface area contributed by atoms with E-state index < -0.39 is 12.0 Å². The zero-order chi connectivity index (χ0) is 15.1. The molecular formula is C13H17ClN2O3S. The first-order chi connectivity index (χ1) is 9.40. The van der Waals surface area contributed by atoms with Crippen LogP contribution in [0.5, 0.6) is 0 Å². The third-order valence-corrected chi connectivity index (χ3v) is 3.81. The number of nitrogens with one attached hydrogen (secondary N) is 1. The topological polar surface area (TPSA) is 92.4 Å². The molecule has 0 heterocycles. The Morgan fingerprint density at radius 1 is 1.50 bits per heavy atom. The largest absolute Gasteiger partial charge is 0.480 e. The Morgan fingerprint density at radius 2 is 2.20 bits per heavy atom. The van der Waals surface area contributed by atoms with Gasteiger partial charge in [0.2, 0.25) is 5.91 Å². The molecule has 1 aromatic carbocycles. The van der Waals surface area contributed by atoms with Crippen LogP contribution >= 0.6 is 23.4 Å². The predicted octanol–water partition coefficient (Wildman–Crippen LogP) is 2.12. The van der Waals surface area contributed by atoms with E-state index >= 15 is 0 Å². The van der Waals surface area contributed by atoms with Gasteiger partial charge < -0.3 is 16.2 Å². The second kappa shape index (κ2) is 8.14. The third-order valence-electron chi connectivity index (χ3n) is 2.59. The molecule has 0 aliphatic rings. The van der Waals surface area contributed by atoms with E-state index in [1.807, 2.05) is 6.92 Å². The quantitative estimate of drug-likeness (QED) is 0.670. The molecule has 0 saturated carbocycles. The molecule has 1 atom stereocenters. The van der Waals surface area contributed by atoms with E-state index in [0.717, 1.165) is 11.3 Å². The summed E-state index contributed by atoms with van der Waals surface area (Å²) in [4.78, 5) is 22.2. The Balaban J connectivity index is 2.32. The van der Waals surface area contributed by atoms with Crippen molar-refractivity contribution in [3.63, 3.8) is 0 Å². The third kappa shape index (κ3) is 5.81. The van der Waals surface area contributed by atoms with Gasteiger partial charge in [-0.1, -0.05) is 11.6 Å². The van der Waals surface area contributed by atoms with Crippen molar-refractivity contribution in [2.45, 2.75) is 19.4 Å². The van der Waals surface area contributed by atoms with Crippen LogP contribution in [0, 0.1) is 6.92 Å². The molecule has 0 aromatic heterocycles. The van der Waals surface area contributed by atoms with Gasteiger partial charge in [0.1, 0.15) is 6.04 Å². The molecule has 0 saturated heterocycles. The SMILES string of the molecule is Cc1cc(Cl)ccc1NC(=O)CSCCC(N)C(=O)O. The normalized spacial score (nSPS) is 11.9. The van der Waals surface area contributed by atoms with Crippen molar-refractivity contribution in [1.29, 1.82) is 0 Å². The van der Waals surface area contributed by atoms with Gasteiger partial charge in [0, 0.05) is 10.7 Å². The van der Waals surface area contributed by atoms with E-state index in [2.05, 4.69) is 5.32 Å². The van der Waals surface area contributed by atoms with Crippen LogP contribution in [-0.2, 0) is 9.59 Å². The number of aliphatic carboxylic acids is 1. The van der Waals surface area contributed by atoms with Gasteiger partial charge in [-0.05, 0) is 42.9 Å². The first kappa shape index (κ1) is 16.8. The number of hydrogen-bond donors (Lipinski definition) is 3. The number of carbonyl (C=O) groups is 2. The molecule has 1 unspecified atom stereocenters. The van der Waals surface area contributed by atoms with Crippen LogP contribution in [0.1, 0.15) is 12.0 Å². The standard InChI is InChI=1S/C13H17ClN2O3S/c1-8-6-9(14)2-3-11(8)16-12(17)7-20-5-4-10(15)13(18)19/h2-3,6,10H,4-5,7,15H2,1H3,(H,16,17)(H,18,19). The maximum absolute atomic E-state index is 11.7. The van der Waals surface area contributed by atoms with Crippen molar-refractivity contribution in [3.8, 4) is 0 Å². The van der Waals surface area contributed by atoms with Crippen molar-refractivity contribution in [3.05, 3.63) is 28.8 Å². The zero-order valence-electron chi connectivity index (χ0n) is 11.1. The minimum Gasteiger partial charge on any atom is -0.480 e. The van der Waals surface area contributed by atoms with Crippen LogP contribution in [0.3, 0.4) is 0 Å². The van der Waals surface area contributed by atoms with Crippen molar-refractivity contribution in [2.24, 2.45) is 5.73 Å². The van der Waals surface area contributed by atoms with Crippen LogP contribution in [0.2, 0.25) is 5.02 Å². The summed E-state index contributed by atoms with van der Waals surface area (Å²) in [5, 5.41) is 12.0. The number of carboxylic acids is 1. The lowest BCUT2D eigenvalue weighted by Crippen LogP contribution is -2.30. The molecule has 0 fully saturated rings. The number of carboxylic acid groups (broad SMARTS) is 1. The molecular weight excluding hydrogens is 300 g/mol. The van der Waals surface area contributed by atoms with Gasteiger partial charge in [0.15, 0.2) is 0 Å². The maximum atomic E-state index is 11.7. The van der Waals surface area contributed by atoms with Gasteiger partial charge in [-0.2, -0.15) is 11.8 Å². The molecule has 1 amide bonds. The summed E-state index contributed by atoms with van der Waals surface area (Å²) in [5.41, 5.74) is 6.98. The van der Waals surface area contributed by atoms with Gasteiger partial charge in [-0.15, -0.1) is 0 Å². The second-order valence-electron chi connectivity index (χ2n) is 4.29. The molecule has 7 heteroatoms. The number of benzene rings is 1. The number of rotatable bonds is 7. The van der Waals surface area contributed by atoms with Crippen LogP contribution < -0.4 is 11.1 Å². The van der Waals surface area contributed by atoms with E-state index in [1.165, 1.54) is 11.8 Å². The number of aryl methyl sites for hydroxylation is 1. The number of thioether (sulfide) groups is 1. The molecule has 1 rings (SSSR count). The maximum Gasteiger partial charge on any atom is 0.320 e. The van der Waals surface area contributed by atoms with Crippen molar-refractivity contribution >= 4 is 40.9 Å². The van der Waals surface area contributed by atoms with Crippen LogP contribution in [0.15, 0.2) is 18.2 Å². The van der Waals surface area contributed by atoms with E-state index in [-0.39, 0.29) is 11.7 Å². The average Bonchev–Trinajstić information content (AvgIpc) is 2.37. The molecule has 20 heavy (non-hydrogen) atoms. The lowest BCUT2D eigenvalue weighted by Gasteiger charge is -2.09. The summed E-state index contributed by atoms with van der Waals surface area (Å²) in [6.07, 6.45) is 0.341. The summed E-state index contributed by atoms with van der Waals surface area (Å²) >= 11 is 7.19. The monoisotopic (exact) mass is 316 g/mol. The Morgan fingerprint density at radius 3 is 2.80 bits per heavy atom. The first-order valence-electron chi connectivity index (χ1n) is 6.02. The highest BCUT2D eigenvalue weighted by Crippen LogP contribution is 2.19. The Kier molecular flexibility index (Phi) is 6.84. The lowest BCUT2D eigenvalue weighted by molar-refractivity contribution is -0.138. The average molecular weight is 317 g/mol. The highest BCUT2D eigenvalue weighted by Gasteiger charge is 2.11. The molecule has 1 aromatic rings. The minimum atomic E-state index is -1.02. The summed E-state index contributed by atoms with van der Waals surface area (Å²) < 4.78 is 0. The van der Waals surface area contributed by atoms with E-state index in [0.29, 0.717) is 17.2 Å². The van der Waals surface area contributed by atoms with Gasteiger partial charge in [-0.3, -0.25) is 9.59 Å². The van der Waals surface area contributed by atoms with Crippen molar-refractivity contribution < 1.29 is 14.7 Å². The van der Waals surface area contributed by atoms with Gasteiger partial charge in [0.05, 0.1) is 5.75 Å². The Bertz CT molecular complexity index is 497. The molecule has 0 bridgehead atoms. The van der Waals surface area contributed by atoms with Gasteiger partial charge in [-0.25, -0.2) is 0 Å². The fraction of sp³-hybridized carbons (Fsp3) is 0.385. The zero-order valence-corrected chi connectivity index (χ0v) is 12.6. The summed E-state index contributed by atoms with van der Waals surface area (Å²) in [7, 11) is 0. The molecule has 0 radical (unpaired) electrons. The fourth-order valence-electron chi connectivity index (χ4n) is 1.45. The number of hydrogen-bond acceptors (Lipinski definition) is 4. The Labute approximate surface area is 126 Å². The molecule has 0 aliphatic carbocycles. The summed E-state index contributed by atoms with van der Waals surface area (Å²) in [6, 6.07) is 4.36. The highest BCUT2D eigenvalue weighted by atomic mass is 35.5. The minimum absolute atomic E-state index is 0.135. The van der Waals surface area contributed by atoms with E-state index in [1.54, 1.807) is 18.2 Å². The molecule has 4 N–H and O–H groups in total. The first-order valence-corrected chi connectivity index (χ1v) is 7.55. The number of amides is 1. The summed E-state index contributed by atoms with van der Waals surface area (Å²) in [6.45, 7) is 1.86. The van der Waals surface area contributed by atoms with Crippen molar-refractivity contribution in [1.82, 2.24) is 0 Å². The van der Waals surface area contributed by atoms with Gasteiger partial charge in [0.25, 0.3) is 0 Å². The summed E-state index contributed by atoms with van der Waals surface area (Å²) in [5.74, 6) is -0.370. The Hall–Kier alpha value is -1.24. The molecule has 0 aliphatic heterocycles. The fourth-order valence-corrected chi connectivity index (χ4v) is 2.50. The number of halogens is 1. The van der Waals surface area contributed by atoms with E-state index in [9.17, 15) is 9.59 Å². The smallest absolute Gasteiger partial charge is 0.320 e. The van der Waals surface area contributed by atoms with Crippen molar-refractivity contribution in [2.75, 3.05) is 16.8 Å². The number of anilines is 1. The van der Waals surface area contributed by atoms with Gasteiger partial charge >= 0.3 is 5.97 Å². The van der Waals surface area contributed by atoms with Crippen LogP contribution in [-0.4, -0.2) is 34.5 Å². The highest BCUT2D eigenvalue weighted by molar-refractivity contribution is 7.99.